The van der Waals surface area contributed by atoms with Crippen molar-refractivity contribution in [3.63, 3.8) is 0 Å². The van der Waals surface area contributed by atoms with Crippen LogP contribution in [0.5, 0.6) is 0 Å². The van der Waals surface area contributed by atoms with E-state index in [1.54, 1.807) is 11.1 Å². The molecule has 0 bridgehead atoms. The Kier molecular flexibility index (Phi) is 9.78. The molecule has 7 nitrogen and oxygen atoms in total. The van der Waals surface area contributed by atoms with E-state index >= 15 is 0 Å². The zero-order valence-corrected chi connectivity index (χ0v) is 9.86. The first-order valence-corrected chi connectivity index (χ1v) is 5.47. The SMILES string of the molecule is OCCN(/C=C(\CO)N(CO)CCO)CCO. The van der Waals surface area contributed by atoms with Gasteiger partial charge in [0, 0.05) is 25.8 Å². The van der Waals surface area contributed by atoms with Gasteiger partial charge in [-0.25, -0.2) is 0 Å². The highest BCUT2D eigenvalue weighted by Crippen LogP contribution is 2.04. The zero-order chi connectivity index (χ0) is 13.1. The molecule has 0 aromatic carbocycles. The maximum atomic E-state index is 9.19. The van der Waals surface area contributed by atoms with Crippen LogP contribution in [-0.4, -0.2) is 88.1 Å². The van der Waals surface area contributed by atoms with Crippen LogP contribution < -0.4 is 0 Å². The molecule has 0 aliphatic heterocycles. The van der Waals surface area contributed by atoms with E-state index in [0.717, 1.165) is 0 Å². The van der Waals surface area contributed by atoms with Gasteiger partial charge in [-0.05, 0) is 0 Å². The van der Waals surface area contributed by atoms with Crippen LogP contribution in [0.4, 0.5) is 0 Å². The van der Waals surface area contributed by atoms with Gasteiger partial charge in [0.05, 0.1) is 32.1 Å². The maximum Gasteiger partial charge on any atom is 0.115 e. The Morgan fingerprint density at radius 3 is 1.71 bits per heavy atom. The van der Waals surface area contributed by atoms with Gasteiger partial charge >= 0.3 is 0 Å². The Bertz CT molecular complexity index is 207. The minimum absolute atomic E-state index is 0.0751. The summed E-state index contributed by atoms with van der Waals surface area (Å²) in [6.07, 6.45) is 1.55. The maximum absolute atomic E-state index is 9.19. The minimum atomic E-state index is -0.320. The van der Waals surface area contributed by atoms with Gasteiger partial charge in [-0.2, -0.15) is 0 Å². The number of hydrogen-bond acceptors (Lipinski definition) is 7. The van der Waals surface area contributed by atoms with Crippen molar-refractivity contribution >= 4 is 0 Å². The van der Waals surface area contributed by atoms with Crippen LogP contribution in [0, 0.1) is 0 Å². The highest BCUT2D eigenvalue weighted by Gasteiger charge is 2.09. The molecule has 102 valence electrons. The quantitative estimate of drug-likeness (QED) is 0.270. The van der Waals surface area contributed by atoms with E-state index in [9.17, 15) is 5.11 Å². The van der Waals surface area contributed by atoms with Gasteiger partial charge in [0.1, 0.15) is 6.73 Å². The lowest BCUT2D eigenvalue weighted by Gasteiger charge is -2.26. The summed E-state index contributed by atoms with van der Waals surface area (Å²) in [6, 6.07) is 0. The van der Waals surface area contributed by atoms with Crippen molar-refractivity contribution < 1.29 is 25.5 Å². The molecule has 0 aromatic heterocycles. The van der Waals surface area contributed by atoms with Gasteiger partial charge in [0.15, 0.2) is 0 Å². The standard InChI is InChI=1S/C10H22N2O5/c13-4-1-11(2-5-14)7-10(8-16)12(9-17)3-6-15/h7,13-17H,1-6,8-9H2/b10-7+. The molecule has 5 N–H and O–H groups in total. The number of aliphatic hydroxyl groups excluding tert-OH is 5. The van der Waals surface area contributed by atoms with E-state index in [4.69, 9.17) is 20.4 Å². The van der Waals surface area contributed by atoms with E-state index in [0.29, 0.717) is 18.8 Å². The summed E-state index contributed by atoms with van der Waals surface area (Å²) in [7, 11) is 0. The van der Waals surface area contributed by atoms with Crippen LogP contribution in [0.3, 0.4) is 0 Å². The molecule has 0 saturated carbocycles. The van der Waals surface area contributed by atoms with Gasteiger partial charge in [0.2, 0.25) is 0 Å². The fourth-order valence-corrected chi connectivity index (χ4v) is 1.36. The average molecular weight is 250 g/mol. The van der Waals surface area contributed by atoms with Gasteiger partial charge in [-0.1, -0.05) is 0 Å². The van der Waals surface area contributed by atoms with E-state index in [-0.39, 0.29) is 39.7 Å². The van der Waals surface area contributed by atoms with Gasteiger partial charge < -0.3 is 35.3 Å². The first kappa shape index (κ1) is 16.1. The van der Waals surface area contributed by atoms with Crippen molar-refractivity contribution in [1.29, 1.82) is 0 Å². The first-order chi connectivity index (χ1) is 8.23. The van der Waals surface area contributed by atoms with Gasteiger partial charge in [-0.15, -0.1) is 0 Å². The van der Waals surface area contributed by atoms with E-state index in [1.807, 2.05) is 0 Å². The highest BCUT2D eigenvalue weighted by molar-refractivity contribution is 5.00. The third-order valence-electron chi connectivity index (χ3n) is 2.21. The first-order valence-electron chi connectivity index (χ1n) is 5.47. The number of aliphatic hydroxyl groups is 5. The van der Waals surface area contributed by atoms with Gasteiger partial charge in [0.25, 0.3) is 0 Å². The fraction of sp³-hybridized carbons (Fsp3) is 0.800. The van der Waals surface area contributed by atoms with Crippen molar-refractivity contribution in [2.45, 2.75) is 0 Å². The lowest BCUT2D eigenvalue weighted by atomic mass is 10.4. The third-order valence-corrected chi connectivity index (χ3v) is 2.21. The smallest absolute Gasteiger partial charge is 0.115 e. The summed E-state index contributed by atoms with van der Waals surface area (Å²) in [5.41, 5.74) is 0.420. The molecular formula is C10H22N2O5. The molecule has 0 spiro atoms. The predicted octanol–water partition coefficient (Wildman–Crippen LogP) is -2.65. The van der Waals surface area contributed by atoms with Crippen LogP contribution >= 0.6 is 0 Å². The van der Waals surface area contributed by atoms with Crippen LogP contribution in [0.2, 0.25) is 0 Å². The average Bonchev–Trinajstić information content (AvgIpc) is 2.34. The molecule has 17 heavy (non-hydrogen) atoms. The largest absolute Gasteiger partial charge is 0.395 e. The summed E-state index contributed by atoms with van der Waals surface area (Å²) in [6.45, 7) is -0.0621. The lowest BCUT2D eigenvalue weighted by Crippen LogP contribution is -2.32. The van der Waals surface area contributed by atoms with E-state index < -0.39 is 0 Å². The molecule has 0 aliphatic carbocycles. The lowest BCUT2D eigenvalue weighted by molar-refractivity contribution is 0.0993. The topological polar surface area (TPSA) is 108 Å². The number of rotatable bonds is 10. The Labute approximate surface area is 101 Å². The molecule has 0 amide bonds. The molecule has 0 aliphatic rings. The second kappa shape index (κ2) is 10.3. The summed E-state index contributed by atoms with van der Waals surface area (Å²) in [5.74, 6) is 0. The fourth-order valence-electron chi connectivity index (χ4n) is 1.36. The molecule has 0 rings (SSSR count). The van der Waals surface area contributed by atoms with Gasteiger partial charge in [-0.3, -0.25) is 0 Å². The van der Waals surface area contributed by atoms with Crippen LogP contribution in [0.15, 0.2) is 11.9 Å². The molecule has 0 aromatic rings. The molecule has 0 unspecified atom stereocenters. The minimum Gasteiger partial charge on any atom is -0.395 e. The second-order valence-electron chi connectivity index (χ2n) is 3.39. The molecule has 0 atom stereocenters. The Morgan fingerprint density at radius 1 is 0.824 bits per heavy atom. The molecule has 0 saturated heterocycles. The normalized spacial score (nSPS) is 11.7. The summed E-state index contributed by atoms with van der Waals surface area (Å²) < 4.78 is 0. The summed E-state index contributed by atoms with van der Waals surface area (Å²) >= 11 is 0. The predicted molar refractivity (Wildman–Crippen MR) is 61.8 cm³/mol. The molecule has 0 radical (unpaired) electrons. The number of hydrogen-bond donors (Lipinski definition) is 5. The van der Waals surface area contributed by atoms with Crippen LogP contribution in [-0.2, 0) is 0 Å². The van der Waals surface area contributed by atoms with Crippen molar-refractivity contribution in [2.24, 2.45) is 0 Å². The second-order valence-corrected chi connectivity index (χ2v) is 3.39. The Hall–Kier alpha value is -0.860. The molecule has 0 fully saturated rings. The van der Waals surface area contributed by atoms with Crippen molar-refractivity contribution in [2.75, 3.05) is 52.8 Å². The summed E-state index contributed by atoms with van der Waals surface area (Å²) in [5, 5.41) is 44.7. The van der Waals surface area contributed by atoms with Crippen molar-refractivity contribution in [1.82, 2.24) is 9.80 Å². The van der Waals surface area contributed by atoms with Crippen molar-refractivity contribution in [3.05, 3.63) is 11.9 Å². The summed E-state index contributed by atoms with van der Waals surface area (Å²) in [4.78, 5) is 3.04. The molecule has 7 heteroatoms. The number of nitrogens with zero attached hydrogens (tertiary/aromatic N) is 2. The van der Waals surface area contributed by atoms with E-state index in [2.05, 4.69) is 0 Å². The molecule has 0 heterocycles. The Morgan fingerprint density at radius 2 is 1.35 bits per heavy atom. The monoisotopic (exact) mass is 250 g/mol. The third kappa shape index (κ3) is 6.44. The van der Waals surface area contributed by atoms with Crippen LogP contribution in [0.1, 0.15) is 0 Å². The Balaban J connectivity index is 4.64. The molecular weight excluding hydrogens is 228 g/mol. The van der Waals surface area contributed by atoms with E-state index in [1.165, 1.54) is 4.90 Å². The highest BCUT2D eigenvalue weighted by atomic mass is 16.3. The zero-order valence-electron chi connectivity index (χ0n) is 9.86. The van der Waals surface area contributed by atoms with Crippen molar-refractivity contribution in [3.8, 4) is 0 Å². The van der Waals surface area contributed by atoms with Crippen LogP contribution in [0.25, 0.3) is 0 Å².